The van der Waals surface area contributed by atoms with Crippen molar-refractivity contribution in [2.24, 2.45) is 0 Å². The Balaban J connectivity index is 0.935. The summed E-state index contributed by atoms with van der Waals surface area (Å²) in [7, 11) is 0. The van der Waals surface area contributed by atoms with Crippen LogP contribution in [0.15, 0.2) is 58.3 Å². The standard InChI is InChI=1S/C36H41N5O4S4/c1-25-7-11-27(12-8-25)23-29-33(44)40(35(46)48-29)16-3-5-31(42)37-15-18-38-19-21-39(22-20-38)32(43)6-4-17-41-34(45)30(49-36(41)47)24-28-13-9-26(2)10-14-28/h7-14,23-24H,3-6,15-22H2,1-2H3,(H,37,42)/b29-23+,30-24-. The number of thioether (sulfide) groups is 2. The van der Waals surface area contributed by atoms with Crippen molar-refractivity contribution in [1.82, 2.24) is 24.9 Å². The van der Waals surface area contributed by atoms with Gasteiger partial charge in [0.25, 0.3) is 11.8 Å². The first-order valence-corrected chi connectivity index (χ1v) is 18.9. The summed E-state index contributed by atoms with van der Waals surface area (Å²) in [4.78, 5) is 59.7. The Labute approximate surface area is 307 Å². The number of carbonyl (C=O) groups is 4. The van der Waals surface area contributed by atoms with Crippen LogP contribution in [0, 0.1) is 13.8 Å². The Morgan fingerprint density at radius 3 is 1.67 bits per heavy atom. The summed E-state index contributed by atoms with van der Waals surface area (Å²) in [5.41, 5.74) is 4.23. The van der Waals surface area contributed by atoms with E-state index in [9.17, 15) is 19.2 Å². The molecule has 0 spiro atoms. The molecule has 9 nitrogen and oxygen atoms in total. The van der Waals surface area contributed by atoms with Crippen LogP contribution in [0.2, 0.25) is 0 Å². The lowest BCUT2D eigenvalue weighted by Crippen LogP contribution is -2.50. The minimum atomic E-state index is -0.112. The maximum atomic E-state index is 12.9. The first kappa shape index (κ1) is 36.9. The van der Waals surface area contributed by atoms with E-state index in [1.165, 1.54) is 23.5 Å². The summed E-state index contributed by atoms with van der Waals surface area (Å²) in [6.45, 7) is 8.85. The smallest absolute Gasteiger partial charge is 0.266 e. The van der Waals surface area contributed by atoms with Crippen molar-refractivity contribution in [1.29, 1.82) is 0 Å². The van der Waals surface area contributed by atoms with Crippen molar-refractivity contribution >= 4 is 92.4 Å². The van der Waals surface area contributed by atoms with Crippen molar-refractivity contribution in [3.05, 3.63) is 80.6 Å². The van der Waals surface area contributed by atoms with Gasteiger partial charge < -0.3 is 10.2 Å². The average Bonchev–Trinajstić information content (AvgIpc) is 3.50. The van der Waals surface area contributed by atoms with Crippen LogP contribution in [0.1, 0.15) is 47.9 Å². The largest absolute Gasteiger partial charge is 0.355 e. The van der Waals surface area contributed by atoms with Gasteiger partial charge in [0.2, 0.25) is 11.8 Å². The van der Waals surface area contributed by atoms with Crippen molar-refractivity contribution in [3.8, 4) is 0 Å². The van der Waals surface area contributed by atoms with Gasteiger partial charge in [-0.25, -0.2) is 0 Å². The highest BCUT2D eigenvalue weighted by Gasteiger charge is 2.33. The molecule has 0 aliphatic carbocycles. The summed E-state index contributed by atoms with van der Waals surface area (Å²) >= 11 is 13.5. The minimum Gasteiger partial charge on any atom is -0.355 e. The molecule has 4 amide bonds. The molecule has 2 aromatic carbocycles. The van der Waals surface area contributed by atoms with E-state index >= 15 is 0 Å². The Morgan fingerprint density at radius 2 is 1.18 bits per heavy atom. The third kappa shape index (κ3) is 10.3. The fourth-order valence-electron chi connectivity index (χ4n) is 5.62. The van der Waals surface area contributed by atoms with E-state index in [0.717, 1.165) is 35.3 Å². The number of amides is 4. The van der Waals surface area contributed by atoms with Crippen LogP contribution in [0.25, 0.3) is 12.2 Å². The van der Waals surface area contributed by atoms with Crippen molar-refractivity contribution in [2.75, 3.05) is 52.4 Å². The highest BCUT2D eigenvalue weighted by molar-refractivity contribution is 8.27. The van der Waals surface area contributed by atoms with Crippen LogP contribution in [0.3, 0.4) is 0 Å². The third-order valence-corrected chi connectivity index (χ3v) is 11.3. The number of thiocarbonyl (C=S) groups is 2. The molecule has 2 aromatic rings. The maximum absolute atomic E-state index is 12.9. The summed E-state index contributed by atoms with van der Waals surface area (Å²) in [5, 5.41) is 2.98. The fourth-order valence-corrected chi connectivity index (χ4v) is 8.24. The first-order valence-electron chi connectivity index (χ1n) is 16.5. The number of hydrogen-bond acceptors (Lipinski definition) is 9. The van der Waals surface area contributed by atoms with Crippen LogP contribution in [0.4, 0.5) is 0 Å². The van der Waals surface area contributed by atoms with Gasteiger partial charge in [0.05, 0.1) is 9.81 Å². The van der Waals surface area contributed by atoms with E-state index in [0.29, 0.717) is 83.4 Å². The molecular weight excluding hydrogens is 695 g/mol. The lowest BCUT2D eigenvalue weighted by Gasteiger charge is -2.34. The second-order valence-electron chi connectivity index (χ2n) is 12.3. The molecule has 1 N–H and O–H groups in total. The van der Waals surface area contributed by atoms with E-state index in [1.54, 1.807) is 9.80 Å². The minimum absolute atomic E-state index is 0.0541. The summed E-state index contributed by atoms with van der Waals surface area (Å²) in [5.74, 6) is -0.185. The summed E-state index contributed by atoms with van der Waals surface area (Å²) in [6.07, 6.45) is 5.48. The molecule has 3 aliphatic rings. The second-order valence-corrected chi connectivity index (χ2v) is 15.6. The van der Waals surface area contributed by atoms with E-state index in [2.05, 4.69) is 10.2 Å². The Morgan fingerprint density at radius 1 is 0.714 bits per heavy atom. The number of rotatable bonds is 13. The molecule has 3 heterocycles. The van der Waals surface area contributed by atoms with Gasteiger partial charge in [-0.2, -0.15) is 0 Å². The number of hydrogen-bond donors (Lipinski definition) is 1. The van der Waals surface area contributed by atoms with Gasteiger partial charge in [0, 0.05) is 65.2 Å². The molecule has 3 saturated heterocycles. The summed E-state index contributed by atoms with van der Waals surface area (Å²) in [6, 6.07) is 16.0. The fraction of sp³-hybridized carbons (Fsp3) is 0.389. The number of nitrogens with zero attached hydrogens (tertiary/aromatic N) is 4. The Hall–Kier alpha value is -3.36. The van der Waals surface area contributed by atoms with Gasteiger partial charge in [-0.3, -0.25) is 33.9 Å². The quantitative estimate of drug-likeness (QED) is 0.220. The highest BCUT2D eigenvalue weighted by atomic mass is 32.2. The van der Waals surface area contributed by atoms with Crippen LogP contribution < -0.4 is 5.32 Å². The van der Waals surface area contributed by atoms with Gasteiger partial charge in [-0.15, -0.1) is 0 Å². The van der Waals surface area contributed by atoms with Gasteiger partial charge in [0.1, 0.15) is 8.64 Å². The SMILES string of the molecule is Cc1ccc(/C=C2\SC(=S)N(CCCC(=O)N3CCN(CCNC(=O)CCCN4C(=O)/C(=C\c5ccc(C)cc5)SC4=S)CC3)C2=O)cc1. The number of aryl methyl sites for hydroxylation is 2. The molecule has 0 saturated carbocycles. The van der Waals surface area contributed by atoms with E-state index in [4.69, 9.17) is 24.4 Å². The van der Waals surface area contributed by atoms with Gasteiger partial charge >= 0.3 is 0 Å². The molecule has 0 unspecified atom stereocenters. The molecule has 0 radical (unpaired) electrons. The predicted octanol–water partition coefficient (Wildman–Crippen LogP) is 5.23. The molecule has 258 valence electrons. The zero-order valence-corrected chi connectivity index (χ0v) is 31.1. The zero-order valence-electron chi connectivity index (χ0n) is 27.8. The molecule has 0 bridgehead atoms. The molecule has 0 aromatic heterocycles. The number of carbonyl (C=O) groups excluding carboxylic acids is 4. The zero-order chi connectivity index (χ0) is 34.9. The van der Waals surface area contributed by atoms with Gasteiger partial charge in [0.15, 0.2) is 0 Å². The van der Waals surface area contributed by atoms with Crippen LogP contribution >= 0.6 is 48.0 Å². The highest BCUT2D eigenvalue weighted by Crippen LogP contribution is 2.34. The average molecular weight is 736 g/mol. The lowest BCUT2D eigenvalue weighted by molar-refractivity contribution is -0.133. The Bertz CT molecular complexity index is 1650. The summed E-state index contributed by atoms with van der Waals surface area (Å²) < 4.78 is 1.05. The van der Waals surface area contributed by atoms with Crippen molar-refractivity contribution in [3.63, 3.8) is 0 Å². The van der Waals surface area contributed by atoms with Crippen molar-refractivity contribution < 1.29 is 19.2 Å². The van der Waals surface area contributed by atoms with Crippen LogP contribution in [0.5, 0.6) is 0 Å². The maximum Gasteiger partial charge on any atom is 0.266 e. The van der Waals surface area contributed by atoms with Gasteiger partial charge in [-0.1, -0.05) is 108 Å². The third-order valence-electron chi connectivity index (χ3n) is 8.53. The molecule has 5 rings (SSSR count). The second kappa shape index (κ2) is 17.5. The topological polar surface area (TPSA) is 93.3 Å². The van der Waals surface area contributed by atoms with Gasteiger partial charge in [-0.05, 0) is 50.0 Å². The molecular formula is C36H41N5O4S4. The first-order chi connectivity index (χ1) is 23.6. The van der Waals surface area contributed by atoms with Crippen molar-refractivity contribution in [2.45, 2.75) is 39.5 Å². The predicted molar refractivity (Wildman–Crippen MR) is 207 cm³/mol. The number of nitrogens with one attached hydrogen (secondary N) is 1. The molecule has 49 heavy (non-hydrogen) atoms. The van der Waals surface area contributed by atoms with Crippen LogP contribution in [-0.2, 0) is 19.2 Å². The number of piperazine rings is 1. The Kier molecular flexibility index (Phi) is 13.2. The van der Waals surface area contributed by atoms with Crippen LogP contribution in [-0.4, -0.2) is 104 Å². The monoisotopic (exact) mass is 735 g/mol. The molecule has 0 atom stereocenters. The van der Waals surface area contributed by atoms with E-state index in [-0.39, 0.29) is 23.6 Å². The lowest BCUT2D eigenvalue weighted by atomic mass is 10.1. The molecule has 3 aliphatic heterocycles. The van der Waals surface area contributed by atoms with E-state index in [1.807, 2.05) is 79.4 Å². The van der Waals surface area contributed by atoms with E-state index < -0.39 is 0 Å². The number of benzene rings is 2. The molecule has 3 fully saturated rings. The molecule has 13 heteroatoms. The normalized spacial score (nSPS) is 18.8.